The number of rotatable bonds is 9. The minimum atomic E-state index is -3.83. The molecule has 0 saturated carbocycles. The van der Waals surface area contributed by atoms with Crippen LogP contribution < -0.4 is 20.6 Å². The molecule has 3 aromatic rings. The van der Waals surface area contributed by atoms with E-state index in [4.69, 9.17) is 9.92 Å². The number of primary amides is 1. The summed E-state index contributed by atoms with van der Waals surface area (Å²) in [6.45, 7) is 1.66. The molecule has 2 amide bonds. The highest BCUT2D eigenvalue weighted by Crippen LogP contribution is 2.27. The number of aromatic nitrogens is 2. The van der Waals surface area contributed by atoms with Crippen molar-refractivity contribution in [3.8, 4) is 5.75 Å². The van der Waals surface area contributed by atoms with Gasteiger partial charge in [-0.15, -0.1) is 0 Å². The molecule has 4 rings (SSSR count). The molecule has 2 heterocycles. The first-order valence-corrected chi connectivity index (χ1v) is 13.0. The lowest BCUT2D eigenvalue weighted by Crippen LogP contribution is -2.27. The van der Waals surface area contributed by atoms with Crippen molar-refractivity contribution in [2.45, 2.75) is 19.4 Å². The third kappa shape index (κ3) is 6.48. The molecule has 36 heavy (non-hydrogen) atoms. The highest BCUT2D eigenvalue weighted by atomic mass is 32.2. The van der Waals surface area contributed by atoms with Crippen LogP contribution >= 0.6 is 0 Å². The lowest BCUT2D eigenvalue weighted by Gasteiger charge is -2.17. The molecule has 1 aliphatic rings. The summed E-state index contributed by atoms with van der Waals surface area (Å²) in [6.07, 6.45) is 4.04. The highest BCUT2D eigenvalue weighted by molar-refractivity contribution is 7.86. The molecule has 1 aliphatic heterocycles. The van der Waals surface area contributed by atoms with E-state index in [1.54, 1.807) is 11.0 Å². The Morgan fingerprint density at radius 1 is 1.11 bits per heavy atom. The molecule has 0 aliphatic carbocycles. The molecule has 4 N–H and O–H groups in total. The van der Waals surface area contributed by atoms with Crippen LogP contribution in [0, 0.1) is 0 Å². The smallest absolute Gasteiger partial charge is 0.306 e. The maximum absolute atomic E-state index is 13.0. The van der Waals surface area contributed by atoms with Gasteiger partial charge in [0.05, 0.1) is 11.8 Å². The number of nitrogens with two attached hydrogens (primary N) is 1. The van der Waals surface area contributed by atoms with Crippen molar-refractivity contribution in [3.63, 3.8) is 0 Å². The molecular formula is C24H26N6O5S. The minimum absolute atomic E-state index is 0.0266. The second kappa shape index (κ2) is 10.6. The number of anilines is 3. The van der Waals surface area contributed by atoms with Crippen LogP contribution in [0.3, 0.4) is 0 Å². The second-order valence-corrected chi connectivity index (χ2v) is 9.89. The quantitative estimate of drug-likeness (QED) is 0.368. The fourth-order valence-corrected chi connectivity index (χ4v) is 4.23. The third-order valence-corrected chi connectivity index (χ3v) is 5.90. The van der Waals surface area contributed by atoms with Gasteiger partial charge in [-0.25, -0.2) is 4.98 Å². The second-order valence-electron chi connectivity index (χ2n) is 8.32. The fourth-order valence-electron chi connectivity index (χ4n) is 3.79. The summed E-state index contributed by atoms with van der Waals surface area (Å²) >= 11 is 0. The summed E-state index contributed by atoms with van der Waals surface area (Å²) < 4.78 is 28.5. The van der Waals surface area contributed by atoms with E-state index in [9.17, 15) is 18.0 Å². The lowest BCUT2D eigenvalue weighted by atomic mass is 10.1. The monoisotopic (exact) mass is 510 g/mol. The van der Waals surface area contributed by atoms with E-state index < -0.39 is 16.0 Å². The summed E-state index contributed by atoms with van der Waals surface area (Å²) in [5.41, 5.74) is 7.15. The zero-order chi connectivity index (χ0) is 25.7. The number of likely N-dealkylation sites (tertiary alicyclic amines) is 1. The first-order chi connectivity index (χ1) is 17.2. The fraction of sp³-hybridized carbons (Fsp3) is 0.250. The Morgan fingerprint density at radius 3 is 2.50 bits per heavy atom. The maximum atomic E-state index is 13.0. The van der Waals surface area contributed by atoms with E-state index in [1.807, 2.05) is 30.3 Å². The van der Waals surface area contributed by atoms with Crippen LogP contribution in [0.5, 0.6) is 5.75 Å². The van der Waals surface area contributed by atoms with Crippen LogP contribution in [-0.2, 0) is 16.7 Å². The molecule has 1 fully saturated rings. The number of carbonyl (C=O) groups excluding carboxylic acids is 2. The van der Waals surface area contributed by atoms with Crippen molar-refractivity contribution in [1.29, 1.82) is 0 Å². The molecule has 0 radical (unpaired) electrons. The third-order valence-electron chi connectivity index (χ3n) is 5.41. The van der Waals surface area contributed by atoms with Gasteiger partial charge in [-0.1, -0.05) is 30.3 Å². The first kappa shape index (κ1) is 24.9. The standard InChI is InChI=1S/C24H26N6O5S/c1-36(33,34)35-19-12-17(23(32)30-9-5-6-10-30)11-18(13-19)28-24-27-15-20(21(25)31)22(29-24)26-14-16-7-3-2-4-8-16/h2-4,7-8,11-13,15H,5-6,9-10,14H2,1H3,(H2,25,31)(H2,26,27,28,29). The Kier molecular flexibility index (Phi) is 7.34. The maximum Gasteiger partial charge on any atom is 0.306 e. The highest BCUT2D eigenvalue weighted by Gasteiger charge is 2.22. The van der Waals surface area contributed by atoms with Crippen LogP contribution in [0.25, 0.3) is 0 Å². The minimum Gasteiger partial charge on any atom is -0.383 e. The average Bonchev–Trinajstić information content (AvgIpc) is 3.36. The van der Waals surface area contributed by atoms with Crippen molar-refractivity contribution in [1.82, 2.24) is 14.9 Å². The molecule has 2 aromatic carbocycles. The molecule has 0 atom stereocenters. The molecule has 11 nitrogen and oxygen atoms in total. The number of hydrogen-bond acceptors (Lipinski definition) is 9. The number of hydrogen-bond donors (Lipinski definition) is 3. The topological polar surface area (TPSA) is 157 Å². The Hall–Kier alpha value is -4.19. The van der Waals surface area contributed by atoms with E-state index in [-0.39, 0.29) is 34.5 Å². The largest absolute Gasteiger partial charge is 0.383 e. The Morgan fingerprint density at radius 2 is 1.83 bits per heavy atom. The van der Waals surface area contributed by atoms with Gasteiger partial charge >= 0.3 is 10.1 Å². The zero-order valence-corrected chi connectivity index (χ0v) is 20.4. The Bertz CT molecular complexity index is 1370. The van der Waals surface area contributed by atoms with Crippen LogP contribution in [0.4, 0.5) is 17.5 Å². The van der Waals surface area contributed by atoms with Crippen LogP contribution in [0.1, 0.15) is 39.1 Å². The van der Waals surface area contributed by atoms with Gasteiger partial charge in [0.15, 0.2) is 0 Å². The lowest BCUT2D eigenvalue weighted by molar-refractivity contribution is 0.0792. The molecule has 1 saturated heterocycles. The van der Waals surface area contributed by atoms with Gasteiger partial charge in [0.25, 0.3) is 11.8 Å². The summed E-state index contributed by atoms with van der Waals surface area (Å²) in [5, 5.41) is 6.05. The molecule has 0 bridgehead atoms. The normalized spacial score (nSPS) is 13.3. The number of benzene rings is 2. The summed E-state index contributed by atoms with van der Waals surface area (Å²) in [6, 6.07) is 13.9. The first-order valence-electron chi connectivity index (χ1n) is 11.2. The van der Waals surface area contributed by atoms with E-state index in [1.165, 1.54) is 18.3 Å². The number of nitrogens with one attached hydrogen (secondary N) is 2. The molecule has 1 aromatic heterocycles. The number of nitrogens with zero attached hydrogens (tertiary/aromatic N) is 3. The van der Waals surface area contributed by atoms with Crippen molar-refractivity contribution < 1.29 is 22.2 Å². The summed E-state index contributed by atoms with van der Waals surface area (Å²) in [7, 11) is -3.83. The van der Waals surface area contributed by atoms with Gasteiger partial charge < -0.3 is 25.5 Å². The Balaban J connectivity index is 1.63. The van der Waals surface area contributed by atoms with Gasteiger partial charge in [-0.3, -0.25) is 9.59 Å². The van der Waals surface area contributed by atoms with Crippen LogP contribution in [0.15, 0.2) is 54.7 Å². The molecular weight excluding hydrogens is 484 g/mol. The SMILES string of the molecule is CS(=O)(=O)Oc1cc(Nc2ncc(C(N)=O)c(NCc3ccccc3)n2)cc(C(=O)N2CCCC2)c1. The predicted molar refractivity (Wildman–Crippen MR) is 135 cm³/mol. The van der Waals surface area contributed by atoms with Gasteiger partial charge in [0.2, 0.25) is 5.95 Å². The van der Waals surface area contributed by atoms with Gasteiger partial charge in [-0.2, -0.15) is 13.4 Å². The van der Waals surface area contributed by atoms with Crippen molar-refractivity contribution in [2.24, 2.45) is 5.73 Å². The zero-order valence-electron chi connectivity index (χ0n) is 19.6. The van der Waals surface area contributed by atoms with Crippen molar-refractivity contribution >= 4 is 39.4 Å². The van der Waals surface area contributed by atoms with Crippen molar-refractivity contribution in [2.75, 3.05) is 30.0 Å². The predicted octanol–water partition coefficient (Wildman–Crippen LogP) is 2.51. The van der Waals surface area contributed by atoms with Gasteiger partial charge in [-0.05, 0) is 30.5 Å². The summed E-state index contributed by atoms with van der Waals surface area (Å²) in [5.74, 6) is -0.627. The van der Waals surface area contributed by atoms with Gasteiger partial charge in [0, 0.05) is 43.1 Å². The van der Waals surface area contributed by atoms with Crippen LogP contribution in [0.2, 0.25) is 0 Å². The van der Waals surface area contributed by atoms with Crippen molar-refractivity contribution in [3.05, 3.63) is 71.4 Å². The van der Waals surface area contributed by atoms with E-state index in [2.05, 4.69) is 20.6 Å². The van der Waals surface area contributed by atoms with E-state index in [0.717, 1.165) is 24.7 Å². The number of carbonyl (C=O) groups is 2. The molecule has 12 heteroatoms. The van der Waals surface area contributed by atoms with E-state index in [0.29, 0.717) is 25.3 Å². The summed E-state index contributed by atoms with van der Waals surface area (Å²) in [4.78, 5) is 35.1. The van der Waals surface area contributed by atoms with E-state index >= 15 is 0 Å². The molecule has 0 unspecified atom stereocenters. The number of amides is 2. The average molecular weight is 511 g/mol. The molecule has 188 valence electrons. The van der Waals surface area contributed by atoms with Gasteiger partial charge in [0.1, 0.15) is 11.6 Å². The molecule has 0 spiro atoms. The Labute approximate surface area is 208 Å². The van der Waals surface area contributed by atoms with Crippen LogP contribution in [-0.4, -0.2) is 54.4 Å².